The topological polar surface area (TPSA) is 29.3 Å². The molecule has 0 radical (unpaired) electrons. The van der Waals surface area contributed by atoms with Crippen molar-refractivity contribution in [1.29, 1.82) is 0 Å². The monoisotopic (exact) mass is 804 g/mol. The van der Waals surface area contributed by atoms with Crippen LogP contribution in [0.3, 0.4) is 0 Å². The number of fused-ring (bicyclic) bond motifs is 5. The van der Waals surface area contributed by atoms with Crippen molar-refractivity contribution in [2.75, 3.05) is 4.90 Å². The molecule has 11 aromatic rings. The zero-order valence-electron chi connectivity index (χ0n) is 34.4. The minimum Gasteiger partial charge on any atom is -0.436 e. The fourth-order valence-electron chi connectivity index (χ4n) is 9.90. The molecule has 1 aliphatic carbocycles. The first-order valence-corrected chi connectivity index (χ1v) is 21.5. The van der Waals surface area contributed by atoms with E-state index in [1.165, 1.54) is 60.8 Å². The molecule has 3 heteroatoms. The highest BCUT2D eigenvalue weighted by atomic mass is 16.3. The summed E-state index contributed by atoms with van der Waals surface area (Å²) in [6.07, 6.45) is 0. The van der Waals surface area contributed by atoms with E-state index in [2.05, 4.69) is 241 Å². The van der Waals surface area contributed by atoms with Crippen LogP contribution < -0.4 is 4.90 Å². The third-order valence-corrected chi connectivity index (χ3v) is 12.8. The molecule has 63 heavy (non-hydrogen) atoms. The number of anilines is 3. The summed E-state index contributed by atoms with van der Waals surface area (Å²) in [7, 11) is 0. The van der Waals surface area contributed by atoms with Crippen molar-refractivity contribution in [3.8, 4) is 44.8 Å². The molecule has 1 aliphatic rings. The van der Waals surface area contributed by atoms with E-state index < -0.39 is 5.41 Å². The highest BCUT2D eigenvalue weighted by Gasteiger charge is 2.46. The van der Waals surface area contributed by atoms with Crippen molar-refractivity contribution in [2.45, 2.75) is 5.41 Å². The second kappa shape index (κ2) is 15.0. The third-order valence-electron chi connectivity index (χ3n) is 12.8. The van der Waals surface area contributed by atoms with Crippen molar-refractivity contribution >= 4 is 38.9 Å². The van der Waals surface area contributed by atoms with Crippen LogP contribution in [0.15, 0.2) is 247 Å². The van der Waals surface area contributed by atoms with Crippen molar-refractivity contribution in [3.05, 3.63) is 265 Å². The molecular formula is C60H40N2O. The van der Waals surface area contributed by atoms with Gasteiger partial charge in [0.05, 0.1) is 5.41 Å². The lowest BCUT2D eigenvalue weighted by Crippen LogP contribution is -2.28. The van der Waals surface area contributed by atoms with Crippen molar-refractivity contribution in [3.63, 3.8) is 0 Å². The molecule has 12 rings (SSSR count). The Morgan fingerprint density at radius 3 is 1.67 bits per heavy atom. The standard InChI is InChI=1S/C60H40N2O/c1-4-15-41(16-5-1)42-27-29-45(30-28-42)59-61-57-40-50(36-38-58(57)63-59)62(48-33-31-44(32-34-48)52-25-14-18-43-17-10-11-23-51(43)52)49-35-37-54-53-24-12-13-26-55(53)60(56(54)39-49,46-19-6-2-7-20-46)47-21-8-3-9-22-47/h1-40H. The number of rotatable bonds is 8. The molecule has 0 saturated carbocycles. The molecule has 296 valence electrons. The van der Waals surface area contributed by atoms with Gasteiger partial charge in [-0.15, -0.1) is 0 Å². The molecule has 0 fully saturated rings. The van der Waals surface area contributed by atoms with Crippen molar-refractivity contribution < 1.29 is 4.42 Å². The second-order valence-corrected chi connectivity index (χ2v) is 16.3. The zero-order valence-corrected chi connectivity index (χ0v) is 34.4. The van der Waals surface area contributed by atoms with Crippen LogP contribution >= 0.6 is 0 Å². The Kier molecular flexibility index (Phi) is 8.72. The van der Waals surface area contributed by atoms with Crippen LogP contribution in [0, 0.1) is 0 Å². The molecule has 0 amide bonds. The van der Waals surface area contributed by atoms with Gasteiger partial charge in [-0.05, 0) is 121 Å². The first-order chi connectivity index (χ1) is 31.2. The van der Waals surface area contributed by atoms with E-state index >= 15 is 0 Å². The van der Waals surface area contributed by atoms with E-state index in [4.69, 9.17) is 9.40 Å². The predicted molar refractivity (Wildman–Crippen MR) is 260 cm³/mol. The maximum atomic E-state index is 6.44. The lowest BCUT2D eigenvalue weighted by Gasteiger charge is -2.35. The van der Waals surface area contributed by atoms with Gasteiger partial charge in [0.25, 0.3) is 0 Å². The molecule has 0 saturated heterocycles. The van der Waals surface area contributed by atoms with Gasteiger partial charge in [-0.2, -0.15) is 0 Å². The molecule has 0 aliphatic heterocycles. The molecule has 3 nitrogen and oxygen atoms in total. The molecule has 0 N–H and O–H groups in total. The summed E-state index contributed by atoms with van der Waals surface area (Å²) in [5.74, 6) is 0.596. The minimum atomic E-state index is -0.532. The maximum absolute atomic E-state index is 6.44. The van der Waals surface area contributed by atoms with Crippen LogP contribution in [-0.2, 0) is 5.41 Å². The Morgan fingerprint density at radius 2 is 0.905 bits per heavy atom. The number of hydrogen-bond donors (Lipinski definition) is 0. The number of aromatic nitrogens is 1. The second-order valence-electron chi connectivity index (χ2n) is 16.3. The predicted octanol–water partition coefficient (Wildman–Crippen LogP) is 15.8. The summed E-state index contributed by atoms with van der Waals surface area (Å²) in [4.78, 5) is 7.45. The van der Waals surface area contributed by atoms with E-state index in [1.54, 1.807) is 0 Å². The average molecular weight is 805 g/mol. The average Bonchev–Trinajstić information content (AvgIpc) is 3.92. The van der Waals surface area contributed by atoms with E-state index in [0.717, 1.165) is 39.3 Å². The molecule has 1 aromatic heterocycles. The number of benzene rings is 10. The van der Waals surface area contributed by atoms with Gasteiger partial charge in [0.15, 0.2) is 5.58 Å². The lowest BCUT2D eigenvalue weighted by molar-refractivity contribution is 0.620. The molecule has 0 unspecified atom stereocenters. The Balaban J connectivity index is 1.03. The van der Waals surface area contributed by atoms with Gasteiger partial charge in [-0.3, -0.25) is 0 Å². The van der Waals surface area contributed by atoms with Gasteiger partial charge in [0.1, 0.15) is 5.52 Å². The molecule has 0 spiro atoms. The minimum absolute atomic E-state index is 0.532. The van der Waals surface area contributed by atoms with Gasteiger partial charge < -0.3 is 9.32 Å². The Morgan fingerprint density at radius 1 is 0.365 bits per heavy atom. The highest BCUT2D eigenvalue weighted by Crippen LogP contribution is 2.57. The smallest absolute Gasteiger partial charge is 0.227 e. The number of oxazole rings is 1. The SMILES string of the molecule is c1ccc(-c2ccc(-c3nc4cc(N(c5ccc(-c6cccc7ccccc67)cc5)c5ccc6c(c5)C(c5ccccc5)(c5ccccc5)c5ccccc5-6)ccc4o3)cc2)cc1. The highest BCUT2D eigenvalue weighted by molar-refractivity contribution is 5.97. The Hall–Kier alpha value is -8.27. The zero-order chi connectivity index (χ0) is 41.7. The van der Waals surface area contributed by atoms with Gasteiger partial charge in [0, 0.05) is 22.6 Å². The van der Waals surface area contributed by atoms with Crippen LogP contribution in [0.5, 0.6) is 0 Å². The normalized spacial score (nSPS) is 12.6. The van der Waals surface area contributed by atoms with E-state index in [0.29, 0.717) is 5.89 Å². The lowest BCUT2D eigenvalue weighted by atomic mass is 9.67. The van der Waals surface area contributed by atoms with E-state index in [9.17, 15) is 0 Å². The van der Waals surface area contributed by atoms with Crippen LogP contribution in [0.4, 0.5) is 17.1 Å². The van der Waals surface area contributed by atoms with Crippen LogP contribution in [0.25, 0.3) is 66.7 Å². The molecule has 10 aromatic carbocycles. The van der Waals surface area contributed by atoms with Gasteiger partial charge >= 0.3 is 0 Å². The maximum Gasteiger partial charge on any atom is 0.227 e. The first kappa shape index (κ1) is 36.6. The van der Waals surface area contributed by atoms with Crippen LogP contribution in [0.2, 0.25) is 0 Å². The molecule has 0 atom stereocenters. The van der Waals surface area contributed by atoms with Crippen LogP contribution in [-0.4, -0.2) is 4.98 Å². The summed E-state index contributed by atoms with van der Waals surface area (Å²) < 4.78 is 6.44. The van der Waals surface area contributed by atoms with Crippen LogP contribution in [0.1, 0.15) is 22.3 Å². The summed E-state index contributed by atoms with van der Waals surface area (Å²) in [5.41, 5.74) is 17.2. The fraction of sp³-hybridized carbons (Fsp3) is 0.0167. The Labute approximate surface area is 366 Å². The number of hydrogen-bond acceptors (Lipinski definition) is 3. The quantitative estimate of drug-likeness (QED) is 0.153. The number of nitrogens with zero attached hydrogens (tertiary/aromatic N) is 2. The summed E-state index contributed by atoms with van der Waals surface area (Å²) in [6, 6.07) is 87.2. The van der Waals surface area contributed by atoms with Gasteiger partial charge in [-0.25, -0.2) is 4.98 Å². The molecule has 0 bridgehead atoms. The molecule has 1 heterocycles. The van der Waals surface area contributed by atoms with E-state index in [1.807, 2.05) is 6.07 Å². The first-order valence-electron chi connectivity index (χ1n) is 21.5. The summed E-state index contributed by atoms with van der Waals surface area (Å²) in [6.45, 7) is 0. The van der Waals surface area contributed by atoms with Gasteiger partial charge in [0.2, 0.25) is 5.89 Å². The third kappa shape index (κ3) is 6.08. The van der Waals surface area contributed by atoms with E-state index in [-0.39, 0.29) is 0 Å². The van der Waals surface area contributed by atoms with Crippen molar-refractivity contribution in [1.82, 2.24) is 4.98 Å². The summed E-state index contributed by atoms with van der Waals surface area (Å²) >= 11 is 0. The van der Waals surface area contributed by atoms with Gasteiger partial charge in [-0.1, -0.05) is 188 Å². The molecular weight excluding hydrogens is 765 g/mol. The van der Waals surface area contributed by atoms with Crippen molar-refractivity contribution in [2.24, 2.45) is 0 Å². The summed E-state index contributed by atoms with van der Waals surface area (Å²) in [5, 5.41) is 2.47. The largest absolute Gasteiger partial charge is 0.436 e. The fourth-order valence-corrected chi connectivity index (χ4v) is 9.90. The Bertz CT molecular complexity index is 3380.